The van der Waals surface area contributed by atoms with Crippen LogP contribution in [0.1, 0.15) is 69.0 Å². The normalized spacial score (nSPS) is 24.7. The van der Waals surface area contributed by atoms with Crippen molar-refractivity contribution < 1.29 is 19.0 Å². The van der Waals surface area contributed by atoms with E-state index in [4.69, 9.17) is 4.74 Å². The molecule has 0 atom stereocenters. The maximum Gasteiger partial charge on any atom is 0.306 e. The third kappa shape index (κ3) is 4.42. The Bertz CT molecular complexity index is 1450. The van der Waals surface area contributed by atoms with E-state index < -0.39 is 5.97 Å². The fraction of sp³-hybridized carbons (Fsp3) is 0.448. The molecule has 0 radical (unpaired) electrons. The van der Waals surface area contributed by atoms with Crippen LogP contribution in [0.15, 0.2) is 42.6 Å². The van der Waals surface area contributed by atoms with E-state index in [1.165, 1.54) is 28.8 Å². The van der Waals surface area contributed by atoms with Gasteiger partial charge in [0.15, 0.2) is 0 Å². The van der Waals surface area contributed by atoms with Crippen molar-refractivity contribution in [3.05, 3.63) is 59.7 Å². The monoisotopic (exact) mass is 557 g/mol. The summed E-state index contributed by atoms with van der Waals surface area (Å²) < 4.78 is 21.9. The number of nitrogens with one attached hydrogen (secondary N) is 1. The number of aromatic amines is 1. The molecule has 3 fully saturated rings. The van der Waals surface area contributed by atoms with Crippen molar-refractivity contribution in [2.75, 3.05) is 13.2 Å². The average molecular weight is 558 g/mol. The van der Waals surface area contributed by atoms with Crippen molar-refractivity contribution in [2.45, 2.75) is 57.8 Å². The first kappa shape index (κ1) is 28.5. The SMILES string of the molecule is C.O=C(O)C1CC2(C1)CC(c1c(C3CCOCC3)n(-c3ccc(F)cc3)c3cc4cn[nH]c4cc13)C2.S.S. The number of benzene rings is 2. The van der Waals surface area contributed by atoms with Crippen LogP contribution in [-0.2, 0) is 9.53 Å². The molecule has 2 aromatic carbocycles. The van der Waals surface area contributed by atoms with Gasteiger partial charge in [-0.15, -0.1) is 0 Å². The second-order valence-corrected chi connectivity index (χ2v) is 10.9. The quantitative estimate of drug-likeness (QED) is 0.291. The van der Waals surface area contributed by atoms with Gasteiger partial charge in [0.05, 0.1) is 23.1 Å². The predicted molar refractivity (Wildman–Crippen MR) is 158 cm³/mol. The molecule has 0 amide bonds. The van der Waals surface area contributed by atoms with Crippen LogP contribution in [0.2, 0.25) is 0 Å². The van der Waals surface area contributed by atoms with Crippen molar-refractivity contribution in [1.29, 1.82) is 0 Å². The van der Waals surface area contributed by atoms with E-state index in [1.807, 2.05) is 18.3 Å². The van der Waals surface area contributed by atoms with Gasteiger partial charge in [0, 0.05) is 41.3 Å². The number of nitrogens with zero attached hydrogens (tertiary/aromatic N) is 2. The van der Waals surface area contributed by atoms with E-state index in [-0.39, 0.29) is 51.6 Å². The molecule has 0 bridgehead atoms. The summed E-state index contributed by atoms with van der Waals surface area (Å²) in [5.74, 6) is -0.327. The van der Waals surface area contributed by atoms with Gasteiger partial charge in [-0.1, -0.05) is 7.43 Å². The summed E-state index contributed by atoms with van der Waals surface area (Å²) in [4.78, 5) is 11.4. The highest BCUT2D eigenvalue weighted by Crippen LogP contribution is 2.65. The fourth-order valence-electron chi connectivity index (χ4n) is 7.12. The predicted octanol–water partition coefficient (Wildman–Crippen LogP) is 6.76. The van der Waals surface area contributed by atoms with Crippen LogP contribution in [-0.4, -0.2) is 39.1 Å². The molecule has 1 saturated heterocycles. The Kier molecular flexibility index (Phi) is 7.94. The summed E-state index contributed by atoms with van der Waals surface area (Å²) in [7, 11) is 0. The maximum absolute atomic E-state index is 13.9. The molecule has 0 unspecified atom stereocenters. The number of rotatable bonds is 4. The molecular weight excluding hydrogens is 521 g/mol. The van der Waals surface area contributed by atoms with Crippen molar-refractivity contribution in [3.8, 4) is 5.69 Å². The molecule has 9 heteroatoms. The van der Waals surface area contributed by atoms with Gasteiger partial charge in [0.2, 0.25) is 0 Å². The highest BCUT2D eigenvalue weighted by atomic mass is 32.1. The minimum atomic E-state index is -0.656. The lowest BCUT2D eigenvalue weighted by Crippen LogP contribution is -2.49. The Morgan fingerprint density at radius 2 is 1.74 bits per heavy atom. The number of fused-ring (bicyclic) bond motifs is 2. The number of carboxylic acid groups (broad SMARTS) is 1. The minimum Gasteiger partial charge on any atom is -0.481 e. The van der Waals surface area contributed by atoms with Gasteiger partial charge in [0.1, 0.15) is 5.82 Å². The molecule has 4 aromatic rings. The molecular formula is C29H36FN3O3S2. The van der Waals surface area contributed by atoms with Crippen molar-refractivity contribution in [2.24, 2.45) is 11.3 Å². The first-order valence-corrected chi connectivity index (χ1v) is 12.6. The summed E-state index contributed by atoms with van der Waals surface area (Å²) in [6.45, 7) is 1.49. The Labute approximate surface area is 235 Å². The minimum absolute atomic E-state index is 0. The zero-order valence-corrected chi connectivity index (χ0v) is 22.5. The molecule has 204 valence electrons. The summed E-state index contributed by atoms with van der Waals surface area (Å²) in [6, 6.07) is 11.2. The summed E-state index contributed by atoms with van der Waals surface area (Å²) in [5.41, 5.74) is 6.00. The van der Waals surface area contributed by atoms with Crippen molar-refractivity contribution in [3.63, 3.8) is 0 Å². The Morgan fingerprint density at radius 1 is 1.05 bits per heavy atom. The van der Waals surface area contributed by atoms with E-state index in [9.17, 15) is 14.3 Å². The summed E-state index contributed by atoms with van der Waals surface area (Å²) >= 11 is 0. The third-order valence-electron chi connectivity index (χ3n) is 8.77. The van der Waals surface area contributed by atoms with Crippen LogP contribution in [0.3, 0.4) is 0 Å². The lowest BCUT2D eigenvalue weighted by atomic mass is 9.47. The molecule has 38 heavy (non-hydrogen) atoms. The third-order valence-corrected chi connectivity index (χ3v) is 8.77. The van der Waals surface area contributed by atoms with Crippen LogP contribution in [0.25, 0.3) is 27.5 Å². The van der Waals surface area contributed by atoms with Crippen LogP contribution in [0.5, 0.6) is 0 Å². The number of carboxylic acids is 1. The molecule has 3 aliphatic rings. The van der Waals surface area contributed by atoms with E-state index in [0.717, 1.165) is 73.8 Å². The molecule has 6 nitrogen and oxygen atoms in total. The summed E-state index contributed by atoms with van der Waals surface area (Å²) in [6.07, 6.45) is 7.45. The number of aromatic nitrogens is 3. The lowest BCUT2D eigenvalue weighted by Gasteiger charge is -2.57. The smallest absolute Gasteiger partial charge is 0.306 e. The number of ether oxygens (including phenoxy) is 1. The molecule has 7 rings (SSSR count). The van der Waals surface area contributed by atoms with Crippen LogP contribution < -0.4 is 0 Å². The van der Waals surface area contributed by atoms with Crippen molar-refractivity contribution in [1.82, 2.24) is 14.8 Å². The molecule has 2 saturated carbocycles. The second kappa shape index (κ2) is 10.6. The Balaban J connectivity index is 0.00000112. The zero-order chi connectivity index (χ0) is 23.7. The van der Waals surface area contributed by atoms with Gasteiger partial charge in [-0.25, -0.2) is 4.39 Å². The molecule has 3 heterocycles. The Morgan fingerprint density at radius 3 is 2.39 bits per heavy atom. The first-order chi connectivity index (χ1) is 17.0. The molecule has 2 aromatic heterocycles. The van der Waals surface area contributed by atoms with Gasteiger partial charge >= 0.3 is 5.97 Å². The van der Waals surface area contributed by atoms with Crippen molar-refractivity contribution >= 4 is 54.8 Å². The van der Waals surface area contributed by atoms with Crippen LogP contribution >= 0.6 is 27.0 Å². The van der Waals surface area contributed by atoms with Gasteiger partial charge in [0.25, 0.3) is 0 Å². The van der Waals surface area contributed by atoms with E-state index >= 15 is 0 Å². The average Bonchev–Trinajstić information content (AvgIpc) is 3.39. The zero-order valence-electron chi connectivity index (χ0n) is 20.5. The topological polar surface area (TPSA) is 80.1 Å². The number of hydrogen-bond acceptors (Lipinski definition) is 3. The maximum atomic E-state index is 13.9. The number of halogens is 1. The van der Waals surface area contributed by atoms with Gasteiger partial charge in [-0.3, -0.25) is 9.89 Å². The number of aliphatic carboxylic acids is 1. The molecule has 1 spiro atoms. The number of carbonyl (C=O) groups is 1. The molecule has 2 N–H and O–H groups in total. The highest BCUT2D eigenvalue weighted by molar-refractivity contribution is 7.59. The van der Waals surface area contributed by atoms with Gasteiger partial charge in [-0.05, 0) is 91.8 Å². The highest BCUT2D eigenvalue weighted by Gasteiger charge is 2.56. The second-order valence-electron chi connectivity index (χ2n) is 10.9. The number of hydrogen-bond donors (Lipinski definition) is 2. The molecule has 1 aliphatic heterocycles. The van der Waals surface area contributed by atoms with E-state index in [2.05, 4.69) is 26.9 Å². The standard InChI is InChI=1S/C28H28FN3O3.CH4.2H2S/c29-20-1-3-21(4-2-20)32-24-9-17-15-30-31-23(17)10-22(24)25(26(32)16-5-7-35-8-6-16)18-11-28(12-18)13-19(14-28)27(33)34;;;/h1-4,9-10,15-16,18-19H,5-8,11-14H2,(H,30,31)(H,33,34);1H4;2*1H2. The largest absolute Gasteiger partial charge is 0.481 e. The van der Waals surface area contributed by atoms with E-state index in [1.54, 1.807) is 0 Å². The van der Waals surface area contributed by atoms with E-state index in [0.29, 0.717) is 11.8 Å². The first-order valence-electron chi connectivity index (χ1n) is 12.6. The lowest BCUT2D eigenvalue weighted by molar-refractivity contribution is -0.155. The summed E-state index contributed by atoms with van der Waals surface area (Å²) in [5, 5.41) is 19.1. The molecule has 2 aliphatic carbocycles. The van der Waals surface area contributed by atoms with Gasteiger partial charge in [-0.2, -0.15) is 32.1 Å². The number of H-pyrrole nitrogens is 1. The van der Waals surface area contributed by atoms with Gasteiger partial charge < -0.3 is 14.4 Å². The van der Waals surface area contributed by atoms with Crippen LogP contribution in [0, 0.1) is 17.2 Å². The van der Waals surface area contributed by atoms with Crippen LogP contribution in [0.4, 0.5) is 4.39 Å². The fourth-order valence-corrected chi connectivity index (χ4v) is 7.12. The Hall–Kier alpha value is -2.49.